The summed E-state index contributed by atoms with van der Waals surface area (Å²) in [5.41, 5.74) is 2.75. The summed E-state index contributed by atoms with van der Waals surface area (Å²) in [6.45, 7) is 4.50. The van der Waals surface area contributed by atoms with Gasteiger partial charge in [0, 0.05) is 17.7 Å². The summed E-state index contributed by atoms with van der Waals surface area (Å²) < 4.78 is 6.98. The van der Waals surface area contributed by atoms with Crippen LogP contribution in [-0.4, -0.2) is 22.3 Å². The molecule has 4 rings (SSSR count). The van der Waals surface area contributed by atoms with Gasteiger partial charge in [0.1, 0.15) is 11.3 Å². The van der Waals surface area contributed by atoms with E-state index in [1.807, 2.05) is 86.6 Å². The summed E-state index contributed by atoms with van der Waals surface area (Å²) >= 11 is 0. The molecule has 0 saturated heterocycles. The molecule has 6 heteroatoms. The third kappa shape index (κ3) is 4.55. The average molecular weight is 440 g/mol. The van der Waals surface area contributed by atoms with E-state index in [0.29, 0.717) is 35.8 Å². The third-order valence-electron chi connectivity index (χ3n) is 5.23. The molecule has 0 radical (unpaired) electrons. The maximum absolute atomic E-state index is 13.6. The summed E-state index contributed by atoms with van der Waals surface area (Å²) in [6.07, 6.45) is 0. The number of nitrogens with one attached hydrogen (secondary N) is 1. The highest BCUT2D eigenvalue weighted by atomic mass is 16.5. The fourth-order valence-corrected chi connectivity index (χ4v) is 3.72. The van der Waals surface area contributed by atoms with Crippen molar-refractivity contribution >= 4 is 11.6 Å². The first kappa shape index (κ1) is 22.0. The molecule has 0 saturated carbocycles. The number of carbonyl (C=O) groups is 1. The molecule has 0 fully saturated rings. The lowest BCUT2D eigenvalue weighted by Crippen LogP contribution is -2.32. The van der Waals surface area contributed by atoms with Crippen molar-refractivity contribution < 1.29 is 9.53 Å². The van der Waals surface area contributed by atoms with Gasteiger partial charge in [-0.2, -0.15) is 5.10 Å². The molecule has 0 spiro atoms. The Bertz CT molecular complexity index is 1320. The van der Waals surface area contributed by atoms with Gasteiger partial charge in [-0.3, -0.25) is 9.59 Å². The summed E-state index contributed by atoms with van der Waals surface area (Å²) in [5.74, 6) is 0.0376. The van der Waals surface area contributed by atoms with E-state index < -0.39 is 11.5 Å². The van der Waals surface area contributed by atoms with Crippen LogP contribution in [-0.2, 0) is 6.54 Å². The van der Waals surface area contributed by atoms with Gasteiger partial charge in [-0.15, -0.1) is 0 Å². The Hall–Kier alpha value is -4.19. The maximum Gasteiger partial charge on any atom is 0.280 e. The van der Waals surface area contributed by atoms with Crippen LogP contribution in [0.25, 0.3) is 22.4 Å². The normalized spacial score (nSPS) is 10.6. The summed E-state index contributed by atoms with van der Waals surface area (Å²) in [4.78, 5) is 27.1. The number of carbonyl (C=O) groups excluding carboxylic acids is 1. The number of hydrogen-bond acceptors (Lipinski definition) is 4. The van der Waals surface area contributed by atoms with Crippen LogP contribution in [0, 0.1) is 0 Å². The highest BCUT2D eigenvalue weighted by molar-refractivity contribution is 6.10. The minimum atomic E-state index is -0.507. The van der Waals surface area contributed by atoms with Crippen molar-refractivity contribution in [2.75, 3.05) is 11.9 Å². The van der Waals surface area contributed by atoms with Crippen LogP contribution in [0.4, 0.5) is 5.69 Å². The minimum absolute atomic E-state index is 0.0446. The molecule has 0 bridgehead atoms. The van der Waals surface area contributed by atoms with Crippen molar-refractivity contribution in [3.63, 3.8) is 0 Å². The molecule has 0 aliphatic carbocycles. The molecule has 0 unspecified atom stereocenters. The number of amides is 1. The van der Waals surface area contributed by atoms with Crippen molar-refractivity contribution in [1.82, 2.24) is 9.78 Å². The Morgan fingerprint density at radius 3 is 2.12 bits per heavy atom. The van der Waals surface area contributed by atoms with Crippen LogP contribution in [0.1, 0.15) is 24.2 Å². The predicted molar refractivity (Wildman–Crippen MR) is 131 cm³/mol. The second-order valence-corrected chi connectivity index (χ2v) is 7.33. The van der Waals surface area contributed by atoms with E-state index in [0.717, 1.165) is 11.1 Å². The van der Waals surface area contributed by atoms with E-state index >= 15 is 0 Å². The maximum atomic E-state index is 13.6. The first-order chi connectivity index (χ1) is 16.1. The Labute approximate surface area is 192 Å². The Balaban J connectivity index is 1.95. The van der Waals surface area contributed by atoms with Crippen molar-refractivity contribution in [2.45, 2.75) is 20.4 Å². The number of anilines is 1. The van der Waals surface area contributed by atoms with Gasteiger partial charge in [-0.25, -0.2) is 4.68 Å². The molecule has 0 aliphatic heterocycles. The van der Waals surface area contributed by atoms with E-state index in [9.17, 15) is 9.59 Å². The molecule has 1 N–H and O–H groups in total. The first-order valence-electron chi connectivity index (χ1n) is 10.9. The Morgan fingerprint density at radius 1 is 0.879 bits per heavy atom. The molecular formula is C27H25N3O3. The van der Waals surface area contributed by atoms with Gasteiger partial charge in [0.15, 0.2) is 0 Å². The van der Waals surface area contributed by atoms with Crippen LogP contribution < -0.4 is 15.6 Å². The van der Waals surface area contributed by atoms with Gasteiger partial charge < -0.3 is 10.1 Å². The second-order valence-electron chi connectivity index (χ2n) is 7.33. The number of ether oxygens (including phenoxy) is 1. The fraction of sp³-hybridized carbons (Fsp3) is 0.148. The quantitative estimate of drug-likeness (QED) is 0.427. The largest absolute Gasteiger partial charge is 0.492 e. The van der Waals surface area contributed by atoms with E-state index in [-0.39, 0.29) is 5.56 Å². The summed E-state index contributed by atoms with van der Waals surface area (Å²) in [7, 11) is 0. The molecule has 4 aromatic rings. The van der Waals surface area contributed by atoms with Gasteiger partial charge >= 0.3 is 0 Å². The Kier molecular flexibility index (Phi) is 6.64. The van der Waals surface area contributed by atoms with E-state index in [1.165, 1.54) is 4.68 Å². The van der Waals surface area contributed by atoms with Crippen LogP contribution in [0.15, 0.2) is 89.7 Å². The third-order valence-corrected chi connectivity index (χ3v) is 5.23. The van der Waals surface area contributed by atoms with Crippen LogP contribution in [0.5, 0.6) is 5.75 Å². The zero-order valence-electron chi connectivity index (χ0n) is 18.6. The van der Waals surface area contributed by atoms with Crippen LogP contribution >= 0.6 is 0 Å². The number of benzene rings is 3. The molecule has 1 heterocycles. The summed E-state index contributed by atoms with van der Waals surface area (Å²) in [6, 6.07) is 26.2. The monoisotopic (exact) mass is 439 g/mol. The Morgan fingerprint density at radius 2 is 1.48 bits per heavy atom. The van der Waals surface area contributed by atoms with Crippen LogP contribution in [0.2, 0.25) is 0 Å². The zero-order chi connectivity index (χ0) is 23.2. The molecule has 166 valence electrons. The van der Waals surface area contributed by atoms with Gasteiger partial charge in [0.05, 0.1) is 18.0 Å². The molecule has 0 atom stereocenters. The number of aryl methyl sites for hydroxylation is 1. The zero-order valence-corrected chi connectivity index (χ0v) is 18.6. The highest BCUT2D eigenvalue weighted by Crippen LogP contribution is 2.33. The first-order valence-corrected chi connectivity index (χ1v) is 10.9. The molecule has 6 nitrogen and oxygen atoms in total. The van der Waals surface area contributed by atoms with Crippen molar-refractivity contribution in [2.24, 2.45) is 0 Å². The van der Waals surface area contributed by atoms with Crippen molar-refractivity contribution in [3.8, 4) is 28.1 Å². The second kappa shape index (κ2) is 9.96. The molecule has 1 aromatic heterocycles. The van der Waals surface area contributed by atoms with Crippen molar-refractivity contribution in [3.05, 3.63) is 101 Å². The van der Waals surface area contributed by atoms with Gasteiger partial charge in [-0.1, -0.05) is 72.8 Å². The lowest BCUT2D eigenvalue weighted by atomic mass is 9.95. The van der Waals surface area contributed by atoms with E-state index in [2.05, 4.69) is 10.4 Å². The SMILES string of the molecule is CCOc1ccccc1NC(=O)c1c(-c2ccccc2)c(-c2ccccc2)nn(CC)c1=O. The molecule has 1 amide bonds. The average Bonchev–Trinajstić information content (AvgIpc) is 2.86. The fourth-order valence-electron chi connectivity index (χ4n) is 3.72. The van der Waals surface area contributed by atoms with E-state index in [1.54, 1.807) is 12.1 Å². The number of aromatic nitrogens is 2. The molecule has 3 aromatic carbocycles. The highest BCUT2D eigenvalue weighted by Gasteiger charge is 2.25. The number of hydrogen-bond donors (Lipinski definition) is 1. The lowest BCUT2D eigenvalue weighted by Gasteiger charge is -2.17. The van der Waals surface area contributed by atoms with Gasteiger partial charge in [0.2, 0.25) is 0 Å². The molecular weight excluding hydrogens is 414 g/mol. The van der Waals surface area contributed by atoms with Gasteiger partial charge in [0.25, 0.3) is 11.5 Å². The molecule has 33 heavy (non-hydrogen) atoms. The topological polar surface area (TPSA) is 73.2 Å². The van der Waals surface area contributed by atoms with Crippen molar-refractivity contribution in [1.29, 1.82) is 0 Å². The number of nitrogens with zero attached hydrogens (tertiary/aromatic N) is 2. The standard InChI is InChI=1S/C27H25N3O3/c1-3-30-27(32)24(26(31)28-21-17-11-12-18-22(21)33-4-2)23(19-13-7-5-8-14-19)25(29-30)20-15-9-6-10-16-20/h5-18H,3-4H2,1-2H3,(H,28,31). The minimum Gasteiger partial charge on any atom is -0.492 e. The van der Waals surface area contributed by atoms with E-state index in [4.69, 9.17) is 4.74 Å². The smallest absolute Gasteiger partial charge is 0.280 e. The molecule has 0 aliphatic rings. The number of para-hydroxylation sites is 2. The predicted octanol–water partition coefficient (Wildman–Crippen LogP) is 5.25. The van der Waals surface area contributed by atoms with Crippen LogP contribution in [0.3, 0.4) is 0 Å². The van der Waals surface area contributed by atoms with Gasteiger partial charge in [-0.05, 0) is 31.5 Å². The summed E-state index contributed by atoms with van der Waals surface area (Å²) in [5, 5.41) is 7.52. The number of rotatable bonds is 7. The lowest BCUT2D eigenvalue weighted by molar-refractivity contribution is 0.102.